The minimum Gasteiger partial charge on any atom is -0.356 e. The van der Waals surface area contributed by atoms with Crippen LogP contribution in [-0.2, 0) is 6.54 Å². The van der Waals surface area contributed by atoms with Gasteiger partial charge in [-0.1, -0.05) is 42.7 Å². The Kier molecular flexibility index (Phi) is 8.67. The van der Waals surface area contributed by atoms with Crippen LogP contribution in [0.25, 0.3) is 0 Å². The zero-order valence-corrected chi connectivity index (χ0v) is 15.5. The van der Waals surface area contributed by atoms with E-state index >= 15 is 0 Å². The highest BCUT2D eigenvalue weighted by Gasteiger charge is 2.08. The summed E-state index contributed by atoms with van der Waals surface area (Å²) in [4.78, 5) is 6.92. The predicted molar refractivity (Wildman–Crippen MR) is 104 cm³/mol. The monoisotopic (exact) mass is 330 g/mol. The average Bonchev–Trinajstić information content (AvgIpc) is 2.63. The molecule has 0 unspecified atom stereocenters. The van der Waals surface area contributed by atoms with Gasteiger partial charge in [0, 0.05) is 20.1 Å². The highest BCUT2D eigenvalue weighted by molar-refractivity contribution is 5.79. The molecule has 0 radical (unpaired) electrons. The van der Waals surface area contributed by atoms with Gasteiger partial charge >= 0.3 is 0 Å². The molecule has 1 aliphatic heterocycles. The number of unbranched alkanes of at least 4 members (excludes halogenated alkanes) is 2. The SMILES string of the molecule is CN=C(NCCCCCN1CCCCC1)NCc1ccc(C)cc1. The molecule has 0 saturated carbocycles. The number of piperidine rings is 1. The lowest BCUT2D eigenvalue weighted by Crippen LogP contribution is -2.37. The minimum absolute atomic E-state index is 0.814. The van der Waals surface area contributed by atoms with Gasteiger partial charge in [0.1, 0.15) is 0 Å². The summed E-state index contributed by atoms with van der Waals surface area (Å²) in [6.07, 6.45) is 8.03. The first-order valence-corrected chi connectivity index (χ1v) is 9.50. The van der Waals surface area contributed by atoms with Gasteiger partial charge in [-0.25, -0.2) is 0 Å². The number of benzene rings is 1. The van der Waals surface area contributed by atoms with Gasteiger partial charge in [0.15, 0.2) is 5.96 Å². The van der Waals surface area contributed by atoms with Gasteiger partial charge in [0.05, 0.1) is 0 Å². The molecule has 1 aliphatic rings. The quantitative estimate of drug-likeness (QED) is 0.436. The van der Waals surface area contributed by atoms with Crippen LogP contribution >= 0.6 is 0 Å². The van der Waals surface area contributed by atoms with Crippen molar-refractivity contribution in [2.75, 3.05) is 33.2 Å². The van der Waals surface area contributed by atoms with E-state index in [1.54, 1.807) is 0 Å². The molecular weight excluding hydrogens is 296 g/mol. The maximum atomic E-state index is 4.30. The Morgan fingerprint density at radius 2 is 1.75 bits per heavy atom. The van der Waals surface area contributed by atoms with Crippen LogP contribution in [0.15, 0.2) is 29.3 Å². The van der Waals surface area contributed by atoms with Crippen molar-refractivity contribution in [3.8, 4) is 0 Å². The Bertz CT molecular complexity index is 475. The number of guanidine groups is 1. The van der Waals surface area contributed by atoms with Crippen LogP contribution in [0.1, 0.15) is 49.7 Å². The highest BCUT2D eigenvalue weighted by Crippen LogP contribution is 2.09. The van der Waals surface area contributed by atoms with Crippen molar-refractivity contribution in [1.82, 2.24) is 15.5 Å². The first-order chi connectivity index (χ1) is 11.8. The van der Waals surface area contributed by atoms with E-state index in [0.29, 0.717) is 0 Å². The number of nitrogens with zero attached hydrogens (tertiary/aromatic N) is 2. The number of likely N-dealkylation sites (tertiary alicyclic amines) is 1. The molecule has 0 atom stereocenters. The summed E-state index contributed by atoms with van der Waals surface area (Å²) >= 11 is 0. The van der Waals surface area contributed by atoms with Crippen molar-refractivity contribution < 1.29 is 0 Å². The molecule has 1 fully saturated rings. The Morgan fingerprint density at radius 1 is 1.00 bits per heavy atom. The zero-order chi connectivity index (χ0) is 17.0. The number of hydrogen-bond donors (Lipinski definition) is 2. The average molecular weight is 331 g/mol. The molecule has 0 aliphatic carbocycles. The van der Waals surface area contributed by atoms with Crippen molar-refractivity contribution in [1.29, 1.82) is 0 Å². The van der Waals surface area contributed by atoms with E-state index in [1.165, 1.54) is 69.3 Å². The van der Waals surface area contributed by atoms with Crippen LogP contribution in [0.3, 0.4) is 0 Å². The number of rotatable bonds is 8. The van der Waals surface area contributed by atoms with Crippen molar-refractivity contribution in [2.24, 2.45) is 4.99 Å². The minimum atomic E-state index is 0.814. The van der Waals surface area contributed by atoms with Crippen LogP contribution in [0.2, 0.25) is 0 Å². The molecule has 2 N–H and O–H groups in total. The van der Waals surface area contributed by atoms with Gasteiger partial charge in [-0.15, -0.1) is 0 Å². The Morgan fingerprint density at radius 3 is 2.46 bits per heavy atom. The largest absolute Gasteiger partial charge is 0.356 e. The number of nitrogens with one attached hydrogen (secondary N) is 2. The summed E-state index contributed by atoms with van der Waals surface area (Å²) in [6.45, 7) is 7.83. The van der Waals surface area contributed by atoms with Crippen molar-refractivity contribution in [3.05, 3.63) is 35.4 Å². The predicted octanol–water partition coefficient (Wildman–Crippen LogP) is 3.32. The fourth-order valence-corrected chi connectivity index (χ4v) is 3.14. The summed E-state index contributed by atoms with van der Waals surface area (Å²) in [5, 5.41) is 6.79. The third-order valence-electron chi connectivity index (χ3n) is 4.70. The molecule has 0 amide bonds. The van der Waals surface area contributed by atoms with Crippen molar-refractivity contribution in [3.63, 3.8) is 0 Å². The van der Waals surface area contributed by atoms with Gasteiger partial charge in [0.2, 0.25) is 0 Å². The second-order valence-electron chi connectivity index (χ2n) is 6.80. The zero-order valence-electron chi connectivity index (χ0n) is 15.5. The maximum absolute atomic E-state index is 4.30. The third kappa shape index (κ3) is 7.35. The van der Waals surface area contributed by atoms with Gasteiger partial charge in [-0.2, -0.15) is 0 Å². The molecule has 0 bridgehead atoms. The molecule has 2 rings (SSSR count). The first-order valence-electron chi connectivity index (χ1n) is 9.50. The number of aliphatic imine (C=N–C) groups is 1. The molecule has 1 aromatic carbocycles. The van der Waals surface area contributed by atoms with Gasteiger partial charge < -0.3 is 15.5 Å². The van der Waals surface area contributed by atoms with E-state index in [4.69, 9.17) is 0 Å². The van der Waals surface area contributed by atoms with Gasteiger partial charge in [0.25, 0.3) is 0 Å². The summed E-state index contributed by atoms with van der Waals surface area (Å²) in [5.74, 6) is 0.895. The molecule has 4 heteroatoms. The molecule has 1 heterocycles. The molecular formula is C20H34N4. The van der Waals surface area contributed by atoms with Crippen LogP contribution in [0.4, 0.5) is 0 Å². The van der Waals surface area contributed by atoms with E-state index in [-0.39, 0.29) is 0 Å². The fraction of sp³-hybridized carbons (Fsp3) is 0.650. The third-order valence-corrected chi connectivity index (χ3v) is 4.70. The van der Waals surface area contributed by atoms with Crippen LogP contribution in [0, 0.1) is 6.92 Å². The molecule has 1 saturated heterocycles. The molecule has 134 valence electrons. The smallest absolute Gasteiger partial charge is 0.191 e. The fourth-order valence-electron chi connectivity index (χ4n) is 3.14. The standard InChI is InChI=1S/C20H34N4/c1-18-9-11-19(12-10-18)17-23-20(21-2)22-13-5-3-6-14-24-15-7-4-8-16-24/h9-12H,3-8,13-17H2,1-2H3,(H2,21,22,23). The second-order valence-corrected chi connectivity index (χ2v) is 6.80. The van der Waals surface area contributed by atoms with E-state index in [2.05, 4.69) is 51.7 Å². The Balaban J connectivity index is 1.52. The highest BCUT2D eigenvalue weighted by atomic mass is 15.2. The summed E-state index contributed by atoms with van der Waals surface area (Å²) in [7, 11) is 1.83. The second kappa shape index (κ2) is 11.1. The van der Waals surface area contributed by atoms with E-state index in [9.17, 15) is 0 Å². The summed E-state index contributed by atoms with van der Waals surface area (Å²) in [6, 6.07) is 8.62. The van der Waals surface area contributed by atoms with Gasteiger partial charge in [-0.3, -0.25) is 4.99 Å². The summed E-state index contributed by atoms with van der Waals surface area (Å²) in [5.41, 5.74) is 2.58. The normalized spacial score (nSPS) is 16.2. The first kappa shape index (κ1) is 18.8. The van der Waals surface area contributed by atoms with Crippen molar-refractivity contribution in [2.45, 2.75) is 52.0 Å². The van der Waals surface area contributed by atoms with Gasteiger partial charge in [-0.05, 0) is 57.8 Å². The van der Waals surface area contributed by atoms with E-state index < -0.39 is 0 Å². The molecule has 1 aromatic rings. The molecule has 0 spiro atoms. The lowest BCUT2D eigenvalue weighted by atomic mass is 10.1. The number of hydrogen-bond acceptors (Lipinski definition) is 2. The lowest BCUT2D eigenvalue weighted by Gasteiger charge is -2.26. The van der Waals surface area contributed by atoms with E-state index in [1.807, 2.05) is 7.05 Å². The maximum Gasteiger partial charge on any atom is 0.191 e. The Labute approximate surface area is 147 Å². The molecule has 0 aromatic heterocycles. The topological polar surface area (TPSA) is 39.7 Å². The van der Waals surface area contributed by atoms with Crippen LogP contribution in [-0.4, -0.2) is 44.1 Å². The van der Waals surface area contributed by atoms with Crippen LogP contribution < -0.4 is 10.6 Å². The molecule has 24 heavy (non-hydrogen) atoms. The van der Waals surface area contributed by atoms with Crippen LogP contribution in [0.5, 0.6) is 0 Å². The molecule has 4 nitrogen and oxygen atoms in total. The lowest BCUT2D eigenvalue weighted by molar-refractivity contribution is 0.224. The number of aryl methyl sites for hydroxylation is 1. The Hall–Kier alpha value is -1.55. The van der Waals surface area contributed by atoms with E-state index in [0.717, 1.165) is 19.0 Å². The van der Waals surface area contributed by atoms with Crippen molar-refractivity contribution >= 4 is 5.96 Å². The summed E-state index contributed by atoms with van der Waals surface area (Å²) < 4.78 is 0.